The molecule has 1 heterocycles. The van der Waals surface area contributed by atoms with Gasteiger partial charge in [0.1, 0.15) is 34.9 Å². The van der Waals surface area contributed by atoms with Crippen LogP contribution in [0.5, 0.6) is 5.75 Å². The van der Waals surface area contributed by atoms with Crippen LogP contribution < -0.4 is 16.1 Å². The molecule has 1 aromatic heterocycles. The van der Waals surface area contributed by atoms with Crippen LogP contribution in [0.15, 0.2) is 23.1 Å². The quantitative estimate of drug-likeness (QED) is 0.438. The zero-order valence-electron chi connectivity index (χ0n) is 15.5. The number of halogens is 3. The zero-order chi connectivity index (χ0) is 21.7. The molecule has 156 valence electrons. The third-order valence-corrected chi connectivity index (χ3v) is 4.15. The maximum absolute atomic E-state index is 13.7. The van der Waals surface area contributed by atoms with Crippen LogP contribution in [0.4, 0.5) is 13.2 Å². The number of nitrogens with one attached hydrogen (secondary N) is 2. The minimum absolute atomic E-state index is 0.0452. The minimum Gasteiger partial charge on any atom is -0.503 e. The Bertz CT molecular complexity index is 966. The lowest BCUT2D eigenvalue weighted by atomic mass is 10.1. The molecule has 1 amide bonds. The fourth-order valence-corrected chi connectivity index (χ4v) is 2.57. The summed E-state index contributed by atoms with van der Waals surface area (Å²) >= 11 is 0. The van der Waals surface area contributed by atoms with E-state index in [9.17, 15) is 32.7 Å². The minimum atomic E-state index is -1.21. The number of methoxy groups -OCH3 is 1. The maximum Gasteiger partial charge on any atom is 0.257 e. The number of aromatic nitrogens is 1. The highest BCUT2D eigenvalue weighted by atomic mass is 19.1. The standard InChI is InChI=1S/C18H18F3N3O5/c1-22-15(29-2)7-24-6-11(16(26)17(27)14(24)8-25)18(28)23-5-10-12(20)3-9(19)4-13(10)21/h3-4,6,8,15,22,27H,5,7H2,1-2H3,(H,23,28). The number of carbonyl (C=O) groups excluding carboxylic acids is 2. The molecule has 1 unspecified atom stereocenters. The molecule has 1 aromatic carbocycles. The number of amides is 1. The summed E-state index contributed by atoms with van der Waals surface area (Å²) in [7, 11) is 2.94. The van der Waals surface area contributed by atoms with E-state index in [0.717, 1.165) is 10.8 Å². The maximum atomic E-state index is 13.7. The van der Waals surface area contributed by atoms with Crippen LogP contribution in [0, 0.1) is 17.5 Å². The number of rotatable bonds is 8. The summed E-state index contributed by atoms with van der Waals surface area (Å²) in [5.74, 6) is -5.56. The lowest BCUT2D eigenvalue weighted by molar-refractivity contribution is 0.0651. The average molecular weight is 413 g/mol. The molecular weight excluding hydrogens is 395 g/mol. The van der Waals surface area contributed by atoms with Gasteiger partial charge in [0.2, 0.25) is 5.43 Å². The van der Waals surface area contributed by atoms with Gasteiger partial charge in [0, 0.05) is 37.5 Å². The fraction of sp³-hybridized carbons (Fsp3) is 0.278. The first-order valence-corrected chi connectivity index (χ1v) is 8.26. The number of hydrogen-bond acceptors (Lipinski definition) is 6. The average Bonchev–Trinajstić information content (AvgIpc) is 2.67. The van der Waals surface area contributed by atoms with E-state index in [1.807, 2.05) is 0 Å². The molecule has 0 radical (unpaired) electrons. The summed E-state index contributed by atoms with van der Waals surface area (Å²) in [6.07, 6.45) is 0.639. The highest BCUT2D eigenvalue weighted by molar-refractivity contribution is 5.95. The second-order valence-corrected chi connectivity index (χ2v) is 5.92. The lowest BCUT2D eigenvalue weighted by Crippen LogP contribution is -2.35. The molecule has 2 rings (SSSR count). The Labute approximate surface area is 162 Å². The Morgan fingerprint density at radius 2 is 1.93 bits per heavy atom. The van der Waals surface area contributed by atoms with Crippen molar-refractivity contribution >= 4 is 12.2 Å². The van der Waals surface area contributed by atoms with E-state index < -0.39 is 58.4 Å². The van der Waals surface area contributed by atoms with E-state index in [0.29, 0.717) is 12.1 Å². The van der Waals surface area contributed by atoms with Gasteiger partial charge in [-0.2, -0.15) is 0 Å². The van der Waals surface area contributed by atoms with Crippen LogP contribution in [0.1, 0.15) is 26.4 Å². The number of aromatic hydroxyl groups is 1. The third kappa shape index (κ3) is 4.81. The number of aldehydes is 1. The molecular formula is C18H18F3N3O5. The van der Waals surface area contributed by atoms with Crippen molar-refractivity contribution in [3.63, 3.8) is 0 Å². The monoisotopic (exact) mass is 413 g/mol. The number of nitrogens with zero attached hydrogens (tertiary/aromatic N) is 1. The van der Waals surface area contributed by atoms with E-state index in [1.54, 1.807) is 7.05 Å². The number of likely N-dealkylation sites (N-methyl/N-ethyl adjacent to an activating group) is 1. The predicted molar refractivity (Wildman–Crippen MR) is 95.1 cm³/mol. The van der Waals surface area contributed by atoms with Gasteiger partial charge in [0.05, 0.1) is 6.54 Å². The Morgan fingerprint density at radius 3 is 2.45 bits per heavy atom. The van der Waals surface area contributed by atoms with Crippen LogP contribution in [0.2, 0.25) is 0 Å². The Hall–Kier alpha value is -3.18. The molecule has 8 nitrogen and oxygen atoms in total. The highest BCUT2D eigenvalue weighted by Gasteiger charge is 2.21. The van der Waals surface area contributed by atoms with Crippen molar-refractivity contribution in [2.45, 2.75) is 19.3 Å². The summed E-state index contributed by atoms with van der Waals surface area (Å²) in [4.78, 5) is 35.9. The number of benzene rings is 1. The van der Waals surface area contributed by atoms with E-state index in [-0.39, 0.29) is 18.5 Å². The van der Waals surface area contributed by atoms with E-state index >= 15 is 0 Å². The fourth-order valence-electron chi connectivity index (χ4n) is 2.57. The van der Waals surface area contributed by atoms with E-state index in [2.05, 4.69) is 10.6 Å². The third-order valence-electron chi connectivity index (χ3n) is 4.15. The van der Waals surface area contributed by atoms with Gasteiger partial charge in [-0.05, 0) is 7.05 Å². The Morgan fingerprint density at radius 1 is 1.31 bits per heavy atom. The molecule has 0 aliphatic rings. The van der Waals surface area contributed by atoms with Crippen LogP contribution >= 0.6 is 0 Å². The van der Waals surface area contributed by atoms with Gasteiger partial charge >= 0.3 is 0 Å². The van der Waals surface area contributed by atoms with Crippen molar-refractivity contribution in [2.24, 2.45) is 0 Å². The van der Waals surface area contributed by atoms with Crippen molar-refractivity contribution in [3.8, 4) is 5.75 Å². The lowest BCUT2D eigenvalue weighted by Gasteiger charge is -2.19. The van der Waals surface area contributed by atoms with Crippen LogP contribution in [0.3, 0.4) is 0 Å². The van der Waals surface area contributed by atoms with Crippen LogP contribution in [-0.4, -0.2) is 42.3 Å². The Balaban J connectivity index is 2.36. The number of hydrogen-bond donors (Lipinski definition) is 3. The second-order valence-electron chi connectivity index (χ2n) is 5.92. The molecule has 0 fully saturated rings. The molecule has 0 saturated heterocycles. The number of pyridine rings is 1. The molecule has 0 saturated carbocycles. The topological polar surface area (TPSA) is 110 Å². The first kappa shape index (κ1) is 22.1. The summed E-state index contributed by atoms with van der Waals surface area (Å²) in [5.41, 5.74) is -2.69. The predicted octanol–water partition coefficient (Wildman–Crippen LogP) is 0.906. The van der Waals surface area contributed by atoms with Gasteiger partial charge in [-0.25, -0.2) is 13.2 Å². The first-order valence-electron chi connectivity index (χ1n) is 8.26. The molecule has 0 aliphatic heterocycles. The largest absolute Gasteiger partial charge is 0.503 e. The van der Waals surface area contributed by atoms with Gasteiger partial charge in [-0.1, -0.05) is 0 Å². The highest BCUT2D eigenvalue weighted by Crippen LogP contribution is 2.16. The van der Waals surface area contributed by atoms with Crippen molar-refractivity contribution in [2.75, 3.05) is 14.2 Å². The molecule has 3 N–H and O–H groups in total. The van der Waals surface area contributed by atoms with Crippen molar-refractivity contribution in [1.82, 2.24) is 15.2 Å². The SMILES string of the molecule is CNC(Cn1cc(C(=O)NCc2c(F)cc(F)cc2F)c(=O)c(O)c1C=O)OC. The normalized spacial score (nSPS) is 11.9. The molecule has 29 heavy (non-hydrogen) atoms. The van der Waals surface area contributed by atoms with Crippen molar-refractivity contribution < 1.29 is 32.6 Å². The zero-order valence-corrected chi connectivity index (χ0v) is 15.5. The molecule has 2 aromatic rings. The summed E-state index contributed by atoms with van der Waals surface area (Å²) in [6.45, 7) is -0.722. The molecule has 0 bridgehead atoms. The number of carbonyl (C=O) groups is 2. The van der Waals surface area contributed by atoms with Crippen molar-refractivity contribution in [3.05, 3.63) is 62.8 Å². The summed E-state index contributed by atoms with van der Waals surface area (Å²) in [5, 5.41) is 14.9. The molecule has 1 atom stereocenters. The Kier molecular flexibility index (Phi) is 7.13. The molecule has 11 heteroatoms. The van der Waals surface area contributed by atoms with Crippen LogP contribution in [-0.2, 0) is 17.8 Å². The van der Waals surface area contributed by atoms with Crippen LogP contribution in [0.25, 0.3) is 0 Å². The smallest absolute Gasteiger partial charge is 0.257 e. The van der Waals surface area contributed by atoms with E-state index in [1.165, 1.54) is 7.11 Å². The summed E-state index contributed by atoms with van der Waals surface area (Å²) in [6, 6.07) is 0.899. The van der Waals surface area contributed by atoms with Gasteiger partial charge in [-0.3, -0.25) is 19.7 Å². The van der Waals surface area contributed by atoms with Gasteiger partial charge in [-0.15, -0.1) is 0 Å². The molecule has 0 spiro atoms. The second kappa shape index (κ2) is 9.34. The first-order chi connectivity index (χ1) is 13.7. The van der Waals surface area contributed by atoms with Gasteiger partial charge in [0.15, 0.2) is 12.0 Å². The van der Waals surface area contributed by atoms with Gasteiger partial charge < -0.3 is 19.7 Å². The van der Waals surface area contributed by atoms with Crippen molar-refractivity contribution in [1.29, 1.82) is 0 Å². The molecule has 0 aliphatic carbocycles. The number of ether oxygens (including phenoxy) is 1. The van der Waals surface area contributed by atoms with Gasteiger partial charge in [0.25, 0.3) is 5.91 Å². The van der Waals surface area contributed by atoms with E-state index in [4.69, 9.17) is 4.74 Å². The summed E-state index contributed by atoms with van der Waals surface area (Å²) < 4.78 is 46.6.